The lowest BCUT2D eigenvalue weighted by Crippen LogP contribution is -2.20. The number of amidine groups is 1. The zero-order valence-corrected chi connectivity index (χ0v) is 12.9. The molecule has 0 unspecified atom stereocenters. The molecule has 106 valence electrons. The van der Waals surface area contributed by atoms with Crippen LogP contribution in [0.2, 0.25) is 5.02 Å². The standard InChI is InChI=1S/C16H13ClN2OS/c17-12-4-3-11(14-10(12)5-8-20-14)13-15(9-1-2-9)21-16-18-6-7-19(13)16/h3-5,8-9H,1-2,6-7H2. The molecule has 1 aromatic carbocycles. The number of hydrogen-bond donors (Lipinski definition) is 0. The maximum atomic E-state index is 6.28. The van der Waals surface area contributed by atoms with Gasteiger partial charge in [-0.3, -0.25) is 4.99 Å². The van der Waals surface area contributed by atoms with E-state index in [1.165, 1.54) is 23.4 Å². The van der Waals surface area contributed by atoms with Crippen molar-refractivity contribution in [2.75, 3.05) is 13.1 Å². The zero-order valence-electron chi connectivity index (χ0n) is 11.3. The summed E-state index contributed by atoms with van der Waals surface area (Å²) in [6.45, 7) is 1.86. The van der Waals surface area contributed by atoms with Crippen LogP contribution in [0.3, 0.4) is 0 Å². The first-order chi connectivity index (χ1) is 10.3. The lowest BCUT2D eigenvalue weighted by Gasteiger charge is -2.18. The summed E-state index contributed by atoms with van der Waals surface area (Å²) in [5.41, 5.74) is 3.35. The van der Waals surface area contributed by atoms with Crippen molar-refractivity contribution in [3.05, 3.63) is 40.0 Å². The van der Waals surface area contributed by atoms with Gasteiger partial charge in [0.25, 0.3) is 0 Å². The molecule has 21 heavy (non-hydrogen) atoms. The summed E-state index contributed by atoms with van der Waals surface area (Å²) in [4.78, 5) is 8.44. The highest BCUT2D eigenvalue weighted by Crippen LogP contribution is 2.53. The fourth-order valence-electron chi connectivity index (χ4n) is 3.12. The Bertz CT molecular complexity index is 819. The van der Waals surface area contributed by atoms with E-state index in [1.807, 2.05) is 23.9 Å². The van der Waals surface area contributed by atoms with Gasteiger partial charge in [-0.15, -0.1) is 0 Å². The van der Waals surface area contributed by atoms with E-state index in [0.29, 0.717) is 5.92 Å². The Balaban J connectivity index is 1.76. The zero-order chi connectivity index (χ0) is 14.0. The van der Waals surface area contributed by atoms with E-state index in [2.05, 4.69) is 16.0 Å². The van der Waals surface area contributed by atoms with Gasteiger partial charge in [0.2, 0.25) is 0 Å². The van der Waals surface area contributed by atoms with E-state index in [4.69, 9.17) is 16.0 Å². The van der Waals surface area contributed by atoms with Crippen molar-refractivity contribution >= 4 is 45.2 Å². The summed E-state index contributed by atoms with van der Waals surface area (Å²) in [5.74, 6) is 0.707. The minimum atomic E-state index is 0.707. The van der Waals surface area contributed by atoms with Crippen LogP contribution in [0.25, 0.3) is 16.7 Å². The molecule has 1 fully saturated rings. The van der Waals surface area contributed by atoms with Gasteiger partial charge in [0, 0.05) is 22.4 Å². The minimum absolute atomic E-state index is 0.707. The smallest absolute Gasteiger partial charge is 0.168 e. The minimum Gasteiger partial charge on any atom is -0.464 e. The molecule has 0 atom stereocenters. The molecule has 0 amide bonds. The van der Waals surface area contributed by atoms with Gasteiger partial charge in [-0.2, -0.15) is 0 Å². The first-order valence-corrected chi connectivity index (χ1v) is 8.42. The van der Waals surface area contributed by atoms with Crippen LogP contribution in [0.15, 0.2) is 38.8 Å². The van der Waals surface area contributed by atoms with Crippen LogP contribution in [0.1, 0.15) is 18.4 Å². The van der Waals surface area contributed by atoms with Crippen molar-refractivity contribution in [3.63, 3.8) is 0 Å². The molecular formula is C16H13ClN2OS. The Morgan fingerprint density at radius 3 is 3.05 bits per heavy atom. The molecule has 1 aliphatic carbocycles. The number of benzene rings is 1. The monoisotopic (exact) mass is 316 g/mol. The number of allylic oxidation sites excluding steroid dienone is 1. The predicted octanol–water partition coefficient (Wildman–Crippen LogP) is 4.58. The van der Waals surface area contributed by atoms with E-state index in [0.717, 1.165) is 39.8 Å². The Kier molecular flexibility index (Phi) is 2.50. The van der Waals surface area contributed by atoms with Crippen molar-refractivity contribution in [1.29, 1.82) is 0 Å². The lowest BCUT2D eigenvalue weighted by atomic mass is 10.1. The third-order valence-corrected chi connectivity index (χ3v) is 5.88. The van der Waals surface area contributed by atoms with Crippen molar-refractivity contribution in [2.24, 2.45) is 10.9 Å². The van der Waals surface area contributed by atoms with Crippen LogP contribution >= 0.6 is 23.4 Å². The van der Waals surface area contributed by atoms with Gasteiger partial charge >= 0.3 is 0 Å². The maximum Gasteiger partial charge on any atom is 0.168 e. The molecule has 0 N–H and O–H groups in total. The normalized spacial score (nSPS) is 21.4. The van der Waals surface area contributed by atoms with Crippen molar-refractivity contribution in [1.82, 2.24) is 4.90 Å². The summed E-state index contributed by atoms with van der Waals surface area (Å²) < 4.78 is 5.74. The summed E-state index contributed by atoms with van der Waals surface area (Å²) in [5, 5.41) is 2.89. The van der Waals surface area contributed by atoms with Crippen molar-refractivity contribution < 1.29 is 4.42 Å². The highest BCUT2D eigenvalue weighted by Gasteiger charge is 2.40. The van der Waals surface area contributed by atoms with Crippen molar-refractivity contribution in [3.8, 4) is 0 Å². The van der Waals surface area contributed by atoms with Gasteiger partial charge in [0.1, 0.15) is 5.58 Å². The summed E-state index contributed by atoms with van der Waals surface area (Å²) in [6, 6.07) is 6.01. The second-order valence-corrected chi connectivity index (χ2v) is 7.08. The van der Waals surface area contributed by atoms with E-state index < -0.39 is 0 Å². The van der Waals surface area contributed by atoms with Gasteiger partial charge in [0.05, 0.1) is 23.5 Å². The van der Waals surface area contributed by atoms with Crippen LogP contribution in [-0.4, -0.2) is 23.2 Å². The number of nitrogens with zero attached hydrogens (tertiary/aromatic N) is 2. The molecule has 0 radical (unpaired) electrons. The second-order valence-electron chi connectivity index (χ2n) is 5.66. The number of rotatable bonds is 2. The van der Waals surface area contributed by atoms with E-state index in [1.54, 1.807) is 6.26 Å². The molecule has 3 heterocycles. The summed E-state index contributed by atoms with van der Waals surface area (Å²) in [6.07, 6.45) is 4.31. The molecule has 0 bridgehead atoms. The Morgan fingerprint density at radius 1 is 1.29 bits per heavy atom. The highest BCUT2D eigenvalue weighted by molar-refractivity contribution is 8.17. The molecule has 2 aromatic rings. The molecule has 0 spiro atoms. The second kappa shape index (κ2) is 4.31. The molecule has 3 aliphatic rings. The van der Waals surface area contributed by atoms with Crippen LogP contribution in [0.4, 0.5) is 0 Å². The summed E-state index contributed by atoms with van der Waals surface area (Å²) >= 11 is 8.13. The number of halogens is 1. The van der Waals surface area contributed by atoms with Crippen LogP contribution < -0.4 is 0 Å². The maximum absolute atomic E-state index is 6.28. The number of hydrogen-bond acceptors (Lipinski definition) is 4. The number of thioether (sulfide) groups is 1. The number of furan rings is 1. The van der Waals surface area contributed by atoms with E-state index in [9.17, 15) is 0 Å². The topological polar surface area (TPSA) is 28.7 Å². The van der Waals surface area contributed by atoms with Crippen LogP contribution in [0, 0.1) is 5.92 Å². The van der Waals surface area contributed by atoms with Crippen LogP contribution in [0.5, 0.6) is 0 Å². The van der Waals surface area contributed by atoms with Crippen LogP contribution in [-0.2, 0) is 0 Å². The van der Waals surface area contributed by atoms with Gasteiger partial charge in [-0.1, -0.05) is 23.4 Å². The lowest BCUT2D eigenvalue weighted by molar-refractivity contribution is 0.607. The number of fused-ring (bicyclic) bond motifs is 2. The first kappa shape index (κ1) is 12.2. The van der Waals surface area contributed by atoms with Gasteiger partial charge in [-0.25, -0.2) is 0 Å². The largest absolute Gasteiger partial charge is 0.464 e. The Morgan fingerprint density at radius 2 is 2.19 bits per heavy atom. The molecule has 5 rings (SSSR count). The Hall–Kier alpha value is -1.39. The van der Waals surface area contributed by atoms with Gasteiger partial charge < -0.3 is 9.32 Å². The molecule has 3 nitrogen and oxygen atoms in total. The Labute approximate surface area is 131 Å². The molecule has 1 saturated carbocycles. The highest BCUT2D eigenvalue weighted by atomic mass is 35.5. The number of aliphatic imine (C=N–C) groups is 1. The van der Waals surface area contributed by atoms with E-state index >= 15 is 0 Å². The predicted molar refractivity (Wildman–Crippen MR) is 87.5 cm³/mol. The third-order valence-electron chi connectivity index (χ3n) is 4.27. The average molecular weight is 317 g/mol. The fourth-order valence-corrected chi connectivity index (χ4v) is 4.69. The third kappa shape index (κ3) is 1.72. The van der Waals surface area contributed by atoms with Gasteiger partial charge in [-0.05, 0) is 37.0 Å². The first-order valence-electron chi connectivity index (χ1n) is 7.23. The fraction of sp³-hybridized carbons (Fsp3) is 0.312. The molecular weight excluding hydrogens is 304 g/mol. The molecule has 0 saturated heterocycles. The van der Waals surface area contributed by atoms with Gasteiger partial charge in [0.15, 0.2) is 5.17 Å². The molecule has 1 aromatic heterocycles. The quantitative estimate of drug-likeness (QED) is 0.811. The van der Waals surface area contributed by atoms with E-state index in [-0.39, 0.29) is 0 Å². The van der Waals surface area contributed by atoms with Crippen molar-refractivity contribution in [2.45, 2.75) is 12.8 Å². The molecule has 5 heteroatoms. The average Bonchev–Trinajstić information content (AvgIpc) is 2.90. The summed E-state index contributed by atoms with van der Waals surface area (Å²) in [7, 11) is 0. The molecule has 2 aliphatic heterocycles. The SMILES string of the molecule is Clc1ccc(C2=C(C3CC3)SC3=NCCN32)c2occc12.